The SMILES string of the molecule is C=C(Br)CNc1nc(C)cc(C)c1C#N. The van der Waals surface area contributed by atoms with E-state index in [1.54, 1.807) is 0 Å². The van der Waals surface area contributed by atoms with Crippen LogP contribution >= 0.6 is 15.9 Å². The standard InChI is InChI=1S/C11H12BrN3/c1-7-4-9(3)15-11(10(7)5-13)14-6-8(2)12/h4H,2,6H2,1,3H3,(H,14,15). The second-order valence-corrected chi connectivity index (χ2v) is 4.41. The third-order valence-electron chi connectivity index (χ3n) is 1.90. The Morgan fingerprint density at radius 2 is 2.33 bits per heavy atom. The Labute approximate surface area is 98.0 Å². The zero-order valence-electron chi connectivity index (χ0n) is 8.76. The summed E-state index contributed by atoms with van der Waals surface area (Å²) < 4.78 is 0.826. The van der Waals surface area contributed by atoms with Crippen molar-refractivity contribution in [2.75, 3.05) is 11.9 Å². The lowest BCUT2D eigenvalue weighted by Gasteiger charge is -2.09. The molecule has 0 aliphatic carbocycles. The highest BCUT2D eigenvalue weighted by Crippen LogP contribution is 2.18. The fourth-order valence-electron chi connectivity index (χ4n) is 1.29. The van der Waals surface area contributed by atoms with Crippen LogP contribution in [-0.4, -0.2) is 11.5 Å². The molecule has 1 aromatic heterocycles. The van der Waals surface area contributed by atoms with Crippen molar-refractivity contribution in [3.05, 3.63) is 33.9 Å². The van der Waals surface area contributed by atoms with Gasteiger partial charge < -0.3 is 5.32 Å². The molecule has 15 heavy (non-hydrogen) atoms. The highest BCUT2D eigenvalue weighted by atomic mass is 79.9. The number of rotatable bonds is 3. The number of hydrogen-bond donors (Lipinski definition) is 1. The summed E-state index contributed by atoms with van der Waals surface area (Å²) in [6.45, 7) is 8.08. The molecular formula is C11H12BrN3. The second kappa shape index (κ2) is 4.94. The average molecular weight is 266 g/mol. The van der Waals surface area contributed by atoms with Crippen LogP contribution < -0.4 is 5.32 Å². The summed E-state index contributed by atoms with van der Waals surface area (Å²) >= 11 is 3.25. The first kappa shape index (κ1) is 11.7. The highest BCUT2D eigenvalue weighted by Gasteiger charge is 2.07. The minimum absolute atomic E-state index is 0.560. The van der Waals surface area contributed by atoms with Crippen molar-refractivity contribution in [2.24, 2.45) is 0 Å². The third kappa shape index (κ3) is 3.07. The largest absolute Gasteiger partial charge is 0.364 e. The number of nitrogens with one attached hydrogen (secondary N) is 1. The van der Waals surface area contributed by atoms with E-state index in [0.717, 1.165) is 15.7 Å². The van der Waals surface area contributed by atoms with Crippen molar-refractivity contribution in [1.29, 1.82) is 5.26 Å². The number of hydrogen-bond acceptors (Lipinski definition) is 3. The fraction of sp³-hybridized carbons (Fsp3) is 0.273. The maximum absolute atomic E-state index is 8.99. The van der Waals surface area contributed by atoms with Crippen molar-refractivity contribution in [1.82, 2.24) is 4.98 Å². The molecule has 0 amide bonds. The maximum Gasteiger partial charge on any atom is 0.144 e. The molecule has 1 N–H and O–H groups in total. The number of pyridine rings is 1. The number of aromatic nitrogens is 1. The zero-order valence-corrected chi connectivity index (χ0v) is 10.3. The van der Waals surface area contributed by atoms with Crippen molar-refractivity contribution in [2.45, 2.75) is 13.8 Å². The van der Waals surface area contributed by atoms with Gasteiger partial charge in [0.1, 0.15) is 11.9 Å². The monoisotopic (exact) mass is 265 g/mol. The molecule has 0 saturated carbocycles. The molecular weight excluding hydrogens is 254 g/mol. The van der Waals surface area contributed by atoms with Gasteiger partial charge in [0.05, 0.1) is 5.56 Å². The first-order valence-corrected chi connectivity index (χ1v) is 5.29. The van der Waals surface area contributed by atoms with Gasteiger partial charge in [-0.05, 0) is 25.5 Å². The van der Waals surface area contributed by atoms with Crippen LogP contribution in [0.4, 0.5) is 5.82 Å². The van der Waals surface area contributed by atoms with Crippen molar-refractivity contribution >= 4 is 21.7 Å². The van der Waals surface area contributed by atoms with Gasteiger partial charge in [-0.15, -0.1) is 0 Å². The lowest BCUT2D eigenvalue weighted by atomic mass is 10.1. The summed E-state index contributed by atoms with van der Waals surface area (Å²) in [5.74, 6) is 0.621. The topological polar surface area (TPSA) is 48.7 Å². The number of halogens is 1. The van der Waals surface area contributed by atoms with Crippen molar-refractivity contribution in [3.8, 4) is 6.07 Å². The smallest absolute Gasteiger partial charge is 0.144 e. The first-order valence-electron chi connectivity index (χ1n) is 4.50. The number of anilines is 1. The summed E-state index contributed by atoms with van der Waals surface area (Å²) in [7, 11) is 0. The molecule has 0 bridgehead atoms. The highest BCUT2D eigenvalue weighted by molar-refractivity contribution is 9.11. The van der Waals surface area contributed by atoms with Gasteiger partial charge in [-0.1, -0.05) is 22.5 Å². The number of nitriles is 1. The van der Waals surface area contributed by atoms with Gasteiger partial charge in [0.2, 0.25) is 0 Å². The van der Waals surface area contributed by atoms with E-state index in [9.17, 15) is 0 Å². The molecule has 1 aromatic rings. The molecule has 0 radical (unpaired) electrons. The van der Waals surface area contributed by atoms with E-state index in [2.05, 4.69) is 38.9 Å². The molecule has 0 aliphatic heterocycles. The van der Waals surface area contributed by atoms with Gasteiger partial charge in [0, 0.05) is 16.7 Å². The average Bonchev–Trinajstić information content (AvgIpc) is 2.13. The van der Waals surface area contributed by atoms with E-state index < -0.39 is 0 Å². The molecule has 78 valence electrons. The van der Waals surface area contributed by atoms with Crippen LogP contribution in [0.1, 0.15) is 16.8 Å². The maximum atomic E-state index is 8.99. The molecule has 0 unspecified atom stereocenters. The van der Waals surface area contributed by atoms with Crippen LogP contribution in [0, 0.1) is 25.2 Å². The van der Waals surface area contributed by atoms with Gasteiger partial charge in [-0.2, -0.15) is 5.26 Å². The van der Waals surface area contributed by atoms with Gasteiger partial charge in [0.15, 0.2) is 0 Å². The lowest BCUT2D eigenvalue weighted by Crippen LogP contribution is -2.06. The molecule has 1 heterocycles. The predicted molar refractivity (Wildman–Crippen MR) is 65.0 cm³/mol. The summed E-state index contributed by atoms with van der Waals surface area (Å²) in [5, 5.41) is 12.1. The van der Waals surface area contributed by atoms with E-state index in [1.807, 2.05) is 19.9 Å². The van der Waals surface area contributed by atoms with Crippen LogP contribution in [0.5, 0.6) is 0 Å². The summed E-state index contributed by atoms with van der Waals surface area (Å²) in [6, 6.07) is 4.04. The van der Waals surface area contributed by atoms with Crippen molar-refractivity contribution < 1.29 is 0 Å². The van der Waals surface area contributed by atoms with Crippen LogP contribution in [-0.2, 0) is 0 Å². The molecule has 0 atom stereocenters. The van der Waals surface area contributed by atoms with Crippen LogP contribution in [0.3, 0.4) is 0 Å². The van der Waals surface area contributed by atoms with Crippen LogP contribution in [0.2, 0.25) is 0 Å². The van der Waals surface area contributed by atoms with Crippen molar-refractivity contribution in [3.63, 3.8) is 0 Å². The third-order valence-corrected chi connectivity index (χ3v) is 2.18. The lowest BCUT2D eigenvalue weighted by molar-refractivity contribution is 1.13. The Bertz CT molecular complexity index is 432. The first-order chi connectivity index (χ1) is 7.04. The summed E-state index contributed by atoms with van der Waals surface area (Å²) in [6.07, 6.45) is 0. The Balaban J connectivity index is 3.05. The Hall–Kier alpha value is -1.34. The molecule has 3 nitrogen and oxygen atoms in total. The van der Waals surface area contributed by atoms with E-state index in [4.69, 9.17) is 5.26 Å². The predicted octanol–water partition coefficient (Wildman–Crippen LogP) is 2.89. The van der Waals surface area contributed by atoms with Gasteiger partial charge in [-0.25, -0.2) is 4.98 Å². The quantitative estimate of drug-likeness (QED) is 0.915. The molecule has 0 spiro atoms. The molecule has 1 rings (SSSR count). The molecule has 0 aliphatic rings. The van der Waals surface area contributed by atoms with Crippen LogP contribution in [0.15, 0.2) is 17.1 Å². The Kier molecular flexibility index (Phi) is 3.87. The van der Waals surface area contributed by atoms with E-state index in [-0.39, 0.29) is 0 Å². The second-order valence-electron chi connectivity index (χ2n) is 3.29. The molecule has 0 aromatic carbocycles. The minimum atomic E-state index is 0.560. The Morgan fingerprint density at radius 1 is 1.67 bits per heavy atom. The minimum Gasteiger partial charge on any atom is -0.364 e. The zero-order chi connectivity index (χ0) is 11.4. The van der Waals surface area contributed by atoms with E-state index in [1.165, 1.54) is 0 Å². The number of nitrogens with zero attached hydrogens (tertiary/aromatic N) is 2. The van der Waals surface area contributed by atoms with E-state index in [0.29, 0.717) is 17.9 Å². The molecule has 0 fully saturated rings. The van der Waals surface area contributed by atoms with Gasteiger partial charge >= 0.3 is 0 Å². The van der Waals surface area contributed by atoms with Crippen LogP contribution in [0.25, 0.3) is 0 Å². The molecule has 4 heteroatoms. The summed E-state index contributed by atoms with van der Waals surface area (Å²) in [5.41, 5.74) is 2.43. The van der Waals surface area contributed by atoms with Gasteiger partial charge in [-0.3, -0.25) is 0 Å². The summed E-state index contributed by atoms with van der Waals surface area (Å²) in [4.78, 5) is 4.28. The normalized spacial score (nSPS) is 9.47. The number of aryl methyl sites for hydroxylation is 2. The Morgan fingerprint density at radius 3 is 2.87 bits per heavy atom. The van der Waals surface area contributed by atoms with E-state index >= 15 is 0 Å². The fourth-order valence-corrected chi connectivity index (χ4v) is 1.43. The van der Waals surface area contributed by atoms with Gasteiger partial charge in [0.25, 0.3) is 0 Å². The molecule has 0 saturated heterocycles.